The number of aromatic amines is 1. The van der Waals surface area contributed by atoms with E-state index in [1.807, 2.05) is 0 Å². The van der Waals surface area contributed by atoms with Gasteiger partial charge in [0.15, 0.2) is 0 Å². The van der Waals surface area contributed by atoms with E-state index in [-0.39, 0.29) is 19.9 Å². The number of hydrogen-bond acceptors (Lipinski definition) is 5. The second-order valence-corrected chi connectivity index (χ2v) is 3.18. The molecule has 7 nitrogen and oxygen atoms in total. The van der Waals surface area contributed by atoms with Crippen LogP contribution in [0.5, 0.6) is 0 Å². The number of rotatable bonds is 7. The van der Waals surface area contributed by atoms with Crippen LogP contribution in [-0.4, -0.2) is 34.4 Å². The molecule has 0 bridgehead atoms. The van der Waals surface area contributed by atoms with Crippen molar-refractivity contribution in [1.29, 1.82) is 0 Å². The fourth-order valence-corrected chi connectivity index (χ4v) is 1.19. The predicted octanol–water partition coefficient (Wildman–Crippen LogP) is -0.899. The summed E-state index contributed by atoms with van der Waals surface area (Å²) in [6, 6.07) is 1.26. The van der Waals surface area contributed by atoms with Gasteiger partial charge in [0, 0.05) is 12.6 Å². The fraction of sp³-hybridized carbons (Fsp3) is 0.400. The third-order valence-electron chi connectivity index (χ3n) is 1.92. The van der Waals surface area contributed by atoms with Crippen LogP contribution in [0.1, 0.15) is 0 Å². The van der Waals surface area contributed by atoms with Crippen molar-refractivity contribution in [2.75, 3.05) is 25.1 Å². The van der Waals surface area contributed by atoms with Gasteiger partial charge in [0.05, 0.1) is 13.2 Å². The van der Waals surface area contributed by atoms with E-state index >= 15 is 0 Å². The van der Waals surface area contributed by atoms with Crippen molar-refractivity contribution in [3.8, 4) is 0 Å². The number of nitrogens with one attached hydrogen (secondary N) is 2. The van der Waals surface area contributed by atoms with Gasteiger partial charge in [-0.25, -0.2) is 4.79 Å². The van der Waals surface area contributed by atoms with E-state index in [0.717, 1.165) is 0 Å². The van der Waals surface area contributed by atoms with Gasteiger partial charge in [-0.05, 0) is 0 Å². The maximum absolute atomic E-state index is 11.5. The smallest absolute Gasteiger partial charge is 0.331 e. The van der Waals surface area contributed by atoms with Crippen LogP contribution in [0.25, 0.3) is 0 Å². The van der Waals surface area contributed by atoms with E-state index in [1.165, 1.54) is 10.6 Å². The predicted molar refractivity (Wildman–Crippen MR) is 63.0 cm³/mol. The normalized spacial score (nSPS) is 10.2. The largest absolute Gasteiger partial charge is 0.394 e. The first kappa shape index (κ1) is 13.2. The van der Waals surface area contributed by atoms with Crippen molar-refractivity contribution in [1.82, 2.24) is 9.55 Å². The average molecular weight is 241 g/mol. The van der Waals surface area contributed by atoms with Crippen LogP contribution >= 0.6 is 0 Å². The minimum Gasteiger partial charge on any atom is -0.394 e. The molecule has 3 N–H and O–H groups in total. The molecule has 94 valence electrons. The highest BCUT2D eigenvalue weighted by molar-refractivity contribution is 5.34. The van der Waals surface area contributed by atoms with E-state index in [1.54, 1.807) is 6.08 Å². The molecule has 0 aliphatic rings. The molecule has 0 aromatic carbocycles. The van der Waals surface area contributed by atoms with Crippen LogP contribution in [0, 0.1) is 0 Å². The number of aliphatic hydroxyl groups excluding tert-OH is 1. The van der Waals surface area contributed by atoms with Crippen molar-refractivity contribution in [2.45, 2.75) is 6.73 Å². The number of aromatic nitrogens is 2. The van der Waals surface area contributed by atoms with Crippen LogP contribution in [0.15, 0.2) is 28.3 Å². The maximum atomic E-state index is 11.5. The molecule has 0 saturated carbocycles. The van der Waals surface area contributed by atoms with Crippen molar-refractivity contribution in [3.05, 3.63) is 39.6 Å². The monoisotopic (exact) mass is 241 g/mol. The Balaban J connectivity index is 2.94. The highest BCUT2D eigenvalue weighted by Gasteiger charge is 2.04. The van der Waals surface area contributed by atoms with Crippen LogP contribution in [0.2, 0.25) is 0 Å². The number of ether oxygens (including phenoxy) is 1. The summed E-state index contributed by atoms with van der Waals surface area (Å²) in [5.74, 6) is 0.344. The third kappa shape index (κ3) is 3.89. The molecule has 7 heteroatoms. The summed E-state index contributed by atoms with van der Waals surface area (Å²) >= 11 is 0. The summed E-state index contributed by atoms with van der Waals surface area (Å²) in [5.41, 5.74) is -1.05. The molecular weight excluding hydrogens is 226 g/mol. The maximum Gasteiger partial charge on any atom is 0.331 e. The summed E-state index contributed by atoms with van der Waals surface area (Å²) < 4.78 is 6.26. The molecule has 0 saturated heterocycles. The molecule has 0 spiro atoms. The molecule has 0 fully saturated rings. The summed E-state index contributed by atoms with van der Waals surface area (Å²) in [6.45, 7) is 3.89. The van der Waals surface area contributed by atoms with Crippen molar-refractivity contribution in [3.63, 3.8) is 0 Å². The first-order valence-corrected chi connectivity index (χ1v) is 5.06. The first-order valence-electron chi connectivity index (χ1n) is 5.06. The van der Waals surface area contributed by atoms with Gasteiger partial charge in [-0.2, -0.15) is 0 Å². The van der Waals surface area contributed by atoms with E-state index in [2.05, 4.69) is 16.9 Å². The topological polar surface area (TPSA) is 96.4 Å². The lowest BCUT2D eigenvalue weighted by molar-refractivity contribution is 0.0467. The van der Waals surface area contributed by atoms with E-state index in [9.17, 15) is 9.59 Å². The molecule has 17 heavy (non-hydrogen) atoms. The van der Waals surface area contributed by atoms with Gasteiger partial charge in [0.2, 0.25) is 0 Å². The summed E-state index contributed by atoms with van der Waals surface area (Å²) in [5, 5.41) is 11.4. The second kappa shape index (κ2) is 6.66. The Bertz CT molecular complexity index is 477. The Morgan fingerprint density at radius 2 is 2.35 bits per heavy atom. The summed E-state index contributed by atoms with van der Waals surface area (Å²) in [4.78, 5) is 24.8. The minimum atomic E-state index is -0.568. The lowest BCUT2D eigenvalue weighted by atomic mass is 10.5. The molecule has 1 aromatic heterocycles. The number of nitrogens with zero attached hydrogens (tertiary/aromatic N) is 1. The zero-order valence-electron chi connectivity index (χ0n) is 9.31. The zero-order chi connectivity index (χ0) is 12.7. The summed E-state index contributed by atoms with van der Waals surface area (Å²) in [7, 11) is 0. The lowest BCUT2D eigenvalue weighted by Crippen LogP contribution is -2.32. The number of H-pyrrole nitrogens is 1. The SMILES string of the molecule is C=CCNc1cc(=O)[nH]c(=O)n1COCCO. The molecule has 0 radical (unpaired) electrons. The van der Waals surface area contributed by atoms with Crippen molar-refractivity contribution >= 4 is 5.82 Å². The molecule has 0 aliphatic carbocycles. The van der Waals surface area contributed by atoms with Crippen LogP contribution < -0.4 is 16.6 Å². The third-order valence-corrected chi connectivity index (χ3v) is 1.92. The van der Waals surface area contributed by atoms with Gasteiger partial charge in [-0.3, -0.25) is 14.3 Å². The lowest BCUT2D eigenvalue weighted by Gasteiger charge is -2.12. The highest BCUT2D eigenvalue weighted by atomic mass is 16.5. The molecule has 0 unspecified atom stereocenters. The van der Waals surface area contributed by atoms with Gasteiger partial charge in [0.25, 0.3) is 5.56 Å². The Hall–Kier alpha value is -1.86. The second-order valence-electron chi connectivity index (χ2n) is 3.18. The standard InChI is InChI=1S/C10H15N3O4/c1-2-3-11-8-6-9(15)12-10(16)13(8)7-17-5-4-14/h2,6,11,14H,1,3-5,7H2,(H,12,15,16). The number of hydrogen-bond donors (Lipinski definition) is 3. The molecule has 1 rings (SSSR count). The van der Waals surface area contributed by atoms with Crippen molar-refractivity contribution in [2.24, 2.45) is 0 Å². The van der Waals surface area contributed by atoms with E-state index in [0.29, 0.717) is 12.4 Å². The van der Waals surface area contributed by atoms with E-state index in [4.69, 9.17) is 9.84 Å². The minimum absolute atomic E-state index is 0.0460. The molecule has 0 aliphatic heterocycles. The Morgan fingerprint density at radius 3 is 3.00 bits per heavy atom. The zero-order valence-corrected chi connectivity index (χ0v) is 9.31. The Labute approximate surface area is 97.4 Å². The van der Waals surface area contributed by atoms with E-state index < -0.39 is 11.2 Å². The number of anilines is 1. The quantitative estimate of drug-likeness (QED) is 0.424. The van der Waals surface area contributed by atoms with Gasteiger partial charge >= 0.3 is 5.69 Å². The molecule has 0 atom stereocenters. The molecule has 0 amide bonds. The first-order chi connectivity index (χ1) is 8.19. The van der Waals surface area contributed by atoms with Crippen LogP contribution in [-0.2, 0) is 11.5 Å². The molecular formula is C10H15N3O4. The van der Waals surface area contributed by atoms with Gasteiger partial charge < -0.3 is 15.2 Å². The molecule has 1 heterocycles. The van der Waals surface area contributed by atoms with Crippen molar-refractivity contribution < 1.29 is 9.84 Å². The van der Waals surface area contributed by atoms with Gasteiger partial charge in [-0.15, -0.1) is 6.58 Å². The Kier molecular flexibility index (Phi) is 5.18. The van der Waals surface area contributed by atoms with Gasteiger partial charge in [0.1, 0.15) is 12.5 Å². The number of aliphatic hydroxyl groups is 1. The molecule has 1 aromatic rings. The fourth-order valence-electron chi connectivity index (χ4n) is 1.19. The highest BCUT2D eigenvalue weighted by Crippen LogP contribution is 2.00. The summed E-state index contributed by atoms with van der Waals surface area (Å²) in [6.07, 6.45) is 1.60. The average Bonchev–Trinajstić information content (AvgIpc) is 2.29. The van der Waals surface area contributed by atoms with Crippen LogP contribution in [0.4, 0.5) is 5.82 Å². The Morgan fingerprint density at radius 1 is 1.59 bits per heavy atom. The van der Waals surface area contributed by atoms with Gasteiger partial charge in [-0.1, -0.05) is 6.08 Å². The van der Waals surface area contributed by atoms with Crippen LogP contribution in [0.3, 0.4) is 0 Å².